The van der Waals surface area contributed by atoms with E-state index < -0.39 is 0 Å². The molecule has 0 saturated heterocycles. The van der Waals surface area contributed by atoms with Gasteiger partial charge in [-0.15, -0.1) is 0 Å². The third-order valence-corrected chi connectivity index (χ3v) is 3.74. The first-order chi connectivity index (χ1) is 10.7. The molecule has 1 aromatic heterocycles. The standard InChI is InChI=1S/C16H15BrN4O/c17-13-8-6-12(7-9-13)11-21-16(22)19-15(20-21)10-18-14-4-2-1-3-5-14/h1-9,18H,10-11H2,(H,19,20,22). The van der Waals surface area contributed by atoms with Crippen LogP contribution in [0.3, 0.4) is 0 Å². The molecule has 0 fully saturated rings. The molecule has 0 spiro atoms. The zero-order valence-corrected chi connectivity index (χ0v) is 13.4. The van der Waals surface area contributed by atoms with Gasteiger partial charge in [-0.1, -0.05) is 46.3 Å². The Bertz CT molecular complexity index is 793. The minimum absolute atomic E-state index is 0.201. The molecule has 0 amide bonds. The van der Waals surface area contributed by atoms with E-state index in [2.05, 4.69) is 31.3 Å². The number of aromatic nitrogens is 3. The second kappa shape index (κ2) is 6.62. The summed E-state index contributed by atoms with van der Waals surface area (Å²) < 4.78 is 2.45. The number of aromatic amines is 1. The highest BCUT2D eigenvalue weighted by Crippen LogP contribution is 2.11. The smallest absolute Gasteiger partial charge is 0.343 e. The Morgan fingerprint density at radius 1 is 1.09 bits per heavy atom. The fraction of sp³-hybridized carbons (Fsp3) is 0.125. The molecule has 0 aliphatic rings. The van der Waals surface area contributed by atoms with Crippen molar-refractivity contribution < 1.29 is 0 Å². The third kappa shape index (κ3) is 3.65. The summed E-state index contributed by atoms with van der Waals surface area (Å²) in [5, 5.41) is 7.54. The van der Waals surface area contributed by atoms with Gasteiger partial charge in [0.1, 0.15) is 5.82 Å². The number of nitrogens with zero attached hydrogens (tertiary/aromatic N) is 2. The molecule has 3 aromatic rings. The molecule has 0 radical (unpaired) electrons. The fourth-order valence-corrected chi connectivity index (χ4v) is 2.36. The summed E-state index contributed by atoms with van der Waals surface area (Å²) >= 11 is 3.39. The second-order valence-corrected chi connectivity index (χ2v) is 5.80. The molecule has 0 saturated carbocycles. The monoisotopic (exact) mass is 358 g/mol. The van der Waals surface area contributed by atoms with Gasteiger partial charge >= 0.3 is 5.69 Å². The Kier molecular flexibility index (Phi) is 4.39. The van der Waals surface area contributed by atoms with Crippen LogP contribution in [0.2, 0.25) is 0 Å². The Hall–Kier alpha value is -2.34. The molecule has 0 aliphatic heterocycles. The van der Waals surface area contributed by atoms with Gasteiger partial charge in [-0.3, -0.25) is 4.98 Å². The molecule has 22 heavy (non-hydrogen) atoms. The first-order valence-corrected chi connectivity index (χ1v) is 7.69. The highest BCUT2D eigenvalue weighted by molar-refractivity contribution is 9.10. The lowest BCUT2D eigenvalue weighted by atomic mass is 10.2. The molecule has 3 rings (SSSR count). The first-order valence-electron chi connectivity index (χ1n) is 6.90. The summed E-state index contributed by atoms with van der Waals surface area (Å²) in [6.07, 6.45) is 0. The van der Waals surface area contributed by atoms with Crippen molar-refractivity contribution in [3.8, 4) is 0 Å². The first kappa shape index (κ1) is 14.6. The Morgan fingerprint density at radius 3 is 2.55 bits per heavy atom. The molecule has 2 N–H and O–H groups in total. The van der Waals surface area contributed by atoms with Gasteiger partial charge in [0.2, 0.25) is 0 Å². The van der Waals surface area contributed by atoms with Gasteiger partial charge in [0, 0.05) is 10.2 Å². The maximum Gasteiger partial charge on any atom is 0.343 e. The lowest BCUT2D eigenvalue weighted by Crippen LogP contribution is -2.18. The minimum Gasteiger partial charge on any atom is -0.378 e. The molecule has 6 heteroatoms. The Labute approximate surface area is 136 Å². The van der Waals surface area contributed by atoms with Gasteiger partial charge in [-0.05, 0) is 29.8 Å². The molecule has 0 unspecified atom stereocenters. The number of rotatable bonds is 5. The van der Waals surface area contributed by atoms with E-state index in [4.69, 9.17) is 0 Å². The topological polar surface area (TPSA) is 62.7 Å². The van der Waals surface area contributed by atoms with Crippen molar-refractivity contribution in [1.82, 2.24) is 14.8 Å². The molecular weight excluding hydrogens is 344 g/mol. The van der Waals surface area contributed by atoms with Crippen LogP contribution in [-0.4, -0.2) is 14.8 Å². The van der Waals surface area contributed by atoms with Gasteiger partial charge in [0.25, 0.3) is 0 Å². The largest absolute Gasteiger partial charge is 0.378 e. The van der Waals surface area contributed by atoms with Crippen LogP contribution in [0.25, 0.3) is 0 Å². The van der Waals surface area contributed by atoms with E-state index >= 15 is 0 Å². The van der Waals surface area contributed by atoms with Crippen LogP contribution >= 0.6 is 15.9 Å². The molecular formula is C16H15BrN4O. The van der Waals surface area contributed by atoms with Crippen molar-refractivity contribution in [3.05, 3.63) is 80.9 Å². The van der Waals surface area contributed by atoms with Crippen molar-refractivity contribution in [2.75, 3.05) is 5.32 Å². The predicted molar refractivity (Wildman–Crippen MR) is 89.9 cm³/mol. The van der Waals surface area contributed by atoms with Gasteiger partial charge in [-0.2, -0.15) is 5.10 Å². The van der Waals surface area contributed by atoms with E-state index in [0.29, 0.717) is 18.9 Å². The van der Waals surface area contributed by atoms with E-state index in [0.717, 1.165) is 15.7 Å². The van der Waals surface area contributed by atoms with Crippen molar-refractivity contribution >= 4 is 21.6 Å². The molecule has 112 valence electrons. The zero-order valence-electron chi connectivity index (χ0n) is 11.8. The minimum atomic E-state index is -0.201. The van der Waals surface area contributed by atoms with E-state index in [-0.39, 0.29) is 5.69 Å². The fourth-order valence-electron chi connectivity index (χ4n) is 2.10. The van der Waals surface area contributed by atoms with E-state index in [1.54, 1.807) is 0 Å². The number of anilines is 1. The molecule has 5 nitrogen and oxygen atoms in total. The average Bonchev–Trinajstić information content (AvgIpc) is 2.89. The van der Waals surface area contributed by atoms with Crippen molar-refractivity contribution in [1.29, 1.82) is 0 Å². The summed E-state index contributed by atoms with van der Waals surface area (Å²) in [5.41, 5.74) is 1.82. The maximum atomic E-state index is 11.9. The summed E-state index contributed by atoms with van der Waals surface area (Å²) in [4.78, 5) is 14.7. The number of para-hydroxylation sites is 1. The third-order valence-electron chi connectivity index (χ3n) is 3.21. The van der Waals surface area contributed by atoms with E-state index in [9.17, 15) is 4.79 Å². The molecule has 1 heterocycles. The lowest BCUT2D eigenvalue weighted by molar-refractivity contribution is 0.651. The van der Waals surface area contributed by atoms with Crippen LogP contribution in [-0.2, 0) is 13.1 Å². The summed E-state index contributed by atoms with van der Waals surface area (Å²) in [6.45, 7) is 0.931. The van der Waals surface area contributed by atoms with Crippen LogP contribution < -0.4 is 11.0 Å². The van der Waals surface area contributed by atoms with Crippen LogP contribution in [0.5, 0.6) is 0 Å². The van der Waals surface area contributed by atoms with Crippen molar-refractivity contribution in [3.63, 3.8) is 0 Å². The molecule has 0 bridgehead atoms. The van der Waals surface area contributed by atoms with Crippen LogP contribution in [0.4, 0.5) is 5.69 Å². The number of H-pyrrole nitrogens is 1. The van der Waals surface area contributed by atoms with Gasteiger partial charge in [0.15, 0.2) is 0 Å². The molecule has 0 aliphatic carbocycles. The predicted octanol–water partition coefficient (Wildman–Crippen LogP) is 2.99. The summed E-state index contributed by atoms with van der Waals surface area (Å²) in [6, 6.07) is 17.6. The average molecular weight is 359 g/mol. The van der Waals surface area contributed by atoms with Gasteiger partial charge in [-0.25, -0.2) is 9.48 Å². The zero-order chi connectivity index (χ0) is 15.4. The van der Waals surface area contributed by atoms with Crippen molar-refractivity contribution in [2.24, 2.45) is 0 Å². The van der Waals surface area contributed by atoms with Crippen LogP contribution in [0, 0.1) is 0 Å². The number of hydrogen-bond donors (Lipinski definition) is 2. The number of hydrogen-bond acceptors (Lipinski definition) is 3. The van der Waals surface area contributed by atoms with E-state index in [1.807, 2.05) is 54.6 Å². The number of nitrogens with one attached hydrogen (secondary N) is 2. The normalized spacial score (nSPS) is 10.6. The van der Waals surface area contributed by atoms with Crippen molar-refractivity contribution in [2.45, 2.75) is 13.1 Å². The number of halogens is 1. The SMILES string of the molecule is O=c1[nH]c(CNc2ccccc2)nn1Cc1ccc(Br)cc1. The van der Waals surface area contributed by atoms with Crippen LogP contribution in [0.1, 0.15) is 11.4 Å². The highest BCUT2D eigenvalue weighted by atomic mass is 79.9. The maximum absolute atomic E-state index is 11.9. The number of benzene rings is 2. The summed E-state index contributed by atoms with van der Waals surface area (Å²) in [5.74, 6) is 0.617. The second-order valence-electron chi connectivity index (χ2n) is 4.88. The Balaban J connectivity index is 1.68. The molecule has 2 aromatic carbocycles. The van der Waals surface area contributed by atoms with E-state index in [1.165, 1.54) is 4.68 Å². The lowest BCUT2D eigenvalue weighted by Gasteiger charge is -2.03. The summed E-state index contributed by atoms with van der Waals surface area (Å²) in [7, 11) is 0. The van der Waals surface area contributed by atoms with Crippen LogP contribution in [0.15, 0.2) is 63.9 Å². The Morgan fingerprint density at radius 2 is 1.82 bits per heavy atom. The molecule has 0 atom stereocenters. The van der Waals surface area contributed by atoms with Gasteiger partial charge in [0.05, 0.1) is 13.1 Å². The quantitative estimate of drug-likeness (QED) is 0.736. The van der Waals surface area contributed by atoms with Gasteiger partial charge < -0.3 is 5.32 Å². The highest BCUT2D eigenvalue weighted by Gasteiger charge is 2.05.